The Kier molecular flexibility index (Phi) is 6.24. The average Bonchev–Trinajstić information content (AvgIpc) is 3.41. The van der Waals surface area contributed by atoms with Crippen LogP contribution < -0.4 is 15.0 Å². The lowest BCUT2D eigenvalue weighted by atomic mass is 10.0. The van der Waals surface area contributed by atoms with E-state index in [1.54, 1.807) is 11.3 Å². The highest BCUT2D eigenvalue weighted by Crippen LogP contribution is 2.34. The van der Waals surface area contributed by atoms with Crippen molar-refractivity contribution in [1.82, 2.24) is 20.1 Å². The van der Waals surface area contributed by atoms with Gasteiger partial charge in [0.25, 0.3) is 5.91 Å². The molecule has 0 radical (unpaired) electrons. The van der Waals surface area contributed by atoms with Crippen molar-refractivity contribution in [3.05, 3.63) is 65.4 Å². The van der Waals surface area contributed by atoms with Gasteiger partial charge in [-0.3, -0.25) is 4.79 Å². The van der Waals surface area contributed by atoms with Gasteiger partial charge in [-0.05, 0) is 57.9 Å². The first kappa shape index (κ1) is 22.4. The molecule has 0 aliphatic carbocycles. The number of anilines is 1. The second-order valence-corrected chi connectivity index (χ2v) is 9.62. The molecule has 8 heteroatoms. The number of ether oxygens (including phenoxy) is 1. The average molecular weight is 476 g/mol. The maximum Gasteiger partial charge on any atom is 0.255 e. The fourth-order valence-electron chi connectivity index (χ4n) is 4.34. The molecule has 34 heavy (non-hydrogen) atoms. The molecule has 1 N–H and O–H groups in total. The van der Waals surface area contributed by atoms with Crippen LogP contribution in [0.15, 0.2) is 48.5 Å². The predicted octanol–water partition coefficient (Wildman–Crippen LogP) is 4.90. The molecule has 0 saturated carbocycles. The number of fused-ring (bicyclic) bond motifs is 1. The summed E-state index contributed by atoms with van der Waals surface area (Å²) in [5.41, 5.74) is 4.74. The first-order chi connectivity index (χ1) is 16.5. The highest BCUT2D eigenvalue weighted by molar-refractivity contribution is 7.22. The summed E-state index contributed by atoms with van der Waals surface area (Å²) in [4.78, 5) is 20.1. The molecule has 4 aromatic rings. The molecule has 1 aliphatic heterocycles. The largest absolute Gasteiger partial charge is 0.493 e. The fourth-order valence-corrected chi connectivity index (χ4v) is 5.38. The van der Waals surface area contributed by atoms with Crippen LogP contribution in [0.4, 0.5) is 5.13 Å². The van der Waals surface area contributed by atoms with Crippen molar-refractivity contribution in [2.75, 3.05) is 24.6 Å². The van der Waals surface area contributed by atoms with E-state index in [1.165, 1.54) is 5.56 Å². The van der Waals surface area contributed by atoms with Gasteiger partial charge >= 0.3 is 0 Å². The van der Waals surface area contributed by atoms with Gasteiger partial charge < -0.3 is 15.0 Å². The zero-order valence-electron chi connectivity index (χ0n) is 19.7. The van der Waals surface area contributed by atoms with Crippen LogP contribution in [0.2, 0.25) is 0 Å². The molecule has 176 valence electrons. The molecule has 0 unspecified atom stereocenters. The molecule has 2 aromatic carbocycles. The third-order valence-corrected chi connectivity index (χ3v) is 7.40. The third-order valence-electron chi connectivity index (χ3n) is 6.19. The number of aromatic nitrogens is 3. The fraction of sp³-hybridized carbons (Fsp3) is 0.346. The Hall–Kier alpha value is -3.39. The first-order valence-corrected chi connectivity index (χ1v) is 12.6. The molecule has 0 spiro atoms. The molecule has 1 fully saturated rings. The van der Waals surface area contributed by atoms with Crippen molar-refractivity contribution in [3.8, 4) is 11.4 Å². The SMILES string of the molecule is CCOc1ccccc1C(=O)NC1CCN(c2nc3c(s2)c(C)nn3-c2ccc(C)cc2)CC1. The van der Waals surface area contributed by atoms with Gasteiger partial charge in [0, 0.05) is 19.1 Å². The van der Waals surface area contributed by atoms with Crippen molar-refractivity contribution < 1.29 is 9.53 Å². The van der Waals surface area contributed by atoms with Crippen LogP contribution in [0.5, 0.6) is 5.75 Å². The lowest BCUT2D eigenvalue weighted by Crippen LogP contribution is -2.44. The Morgan fingerprint density at radius 2 is 1.85 bits per heavy atom. The monoisotopic (exact) mass is 475 g/mol. The minimum absolute atomic E-state index is 0.0729. The lowest BCUT2D eigenvalue weighted by Gasteiger charge is -2.32. The number of hydrogen-bond acceptors (Lipinski definition) is 6. The van der Waals surface area contributed by atoms with Gasteiger partial charge in [0.05, 0.1) is 28.3 Å². The Morgan fingerprint density at radius 3 is 2.59 bits per heavy atom. The maximum absolute atomic E-state index is 12.8. The van der Waals surface area contributed by atoms with E-state index in [-0.39, 0.29) is 11.9 Å². The number of piperidine rings is 1. The standard InChI is InChI=1S/C26H29N5O2S/c1-4-33-22-8-6-5-7-21(22)25(32)27-19-13-15-30(16-14-19)26-28-24-23(34-26)18(3)29-31(24)20-11-9-17(2)10-12-20/h5-12,19H,4,13-16H2,1-3H3,(H,27,32). The van der Waals surface area contributed by atoms with E-state index >= 15 is 0 Å². The predicted molar refractivity (Wildman–Crippen MR) is 137 cm³/mol. The Labute approximate surface area is 203 Å². The summed E-state index contributed by atoms with van der Waals surface area (Å²) >= 11 is 1.70. The quantitative estimate of drug-likeness (QED) is 0.430. The van der Waals surface area contributed by atoms with Crippen LogP contribution in [-0.4, -0.2) is 46.4 Å². The zero-order chi connectivity index (χ0) is 23.7. The second-order valence-electron chi connectivity index (χ2n) is 8.65. The Morgan fingerprint density at radius 1 is 1.12 bits per heavy atom. The molecule has 1 saturated heterocycles. The van der Waals surface area contributed by atoms with Crippen molar-refractivity contribution in [2.45, 2.75) is 39.7 Å². The lowest BCUT2D eigenvalue weighted by molar-refractivity contribution is 0.0927. The van der Waals surface area contributed by atoms with Gasteiger partial charge in [0.1, 0.15) is 5.75 Å². The van der Waals surface area contributed by atoms with Crippen LogP contribution >= 0.6 is 11.3 Å². The molecular formula is C26H29N5O2S. The van der Waals surface area contributed by atoms with Crippen molar-refractivity contribution >= 4 is 32.7 Å². The van der Waals surface area contributed by atoms with E-state index in [1.807, 2.05) is 42.8 Å². The molecule has 2 aromatic heterocycles. The molecule has 0 atom stereocenters. The summed E-state index contributed by atoms with van der Waals surface area (Å²) in [7, 11) is 0. The topological polar surface area (TPSA) is 72.3 Å². The number of nitrogens with one attached hydrogen (secondary N) is 1. The van der Waals surface area contributed by atoms with Crippen molar-refractivity contribution in [1.29, 1.82) is 0 Å². The molecule has 1 amide bonds. The summed E-state index contributed by atoms with van der Waals surface area (Å²) in [5.74, 6) is 0.559. The van der Waals surface area contributed by atoms with Gasteiger partial charge in [-0.1, -0.05) is 41.2 Å². The summed E-state index contributed by atoms with van der Waals surface area (Å²) < 4.78 is 8.68. The van der Waals surface area contributed by atoms with Crippen LogP contribution in [0, 0.1) is 13.8 Å². The zero-order valence-corrected chi connectivity index (χ0v) is 20.6. The first-order valence-electron chi connectivity index (χ1n) is 11.7. The van der Waals surface area contributed by atoms with E-state index < -0.39 is 0 Å². The van der Waals surface area contributed by atoms with E-state index in [0.29, 0.717) is 17.9 Å². The Balaban J connectivity index is 1.27. The number of para-hydroxylation sites is 1. The van der Waals surface area contributed by atoms with Gasteiger partial charge in [0.2, 0.25) is 0 Å². The molecule has 0 bridgehead atoms. The summed E-state index contributed by atoms with van der Waals surface area (Å²) in [6, 6.07) is 15.9. The van der Waals surface area contributed by atoms with Gasteiger partial charge in [-0.15, -0.1) is 0 Å². The summed E-state index contributed by atoms with van der Waals surface area (Å²) in [5, 5.41) is 8.93. The van der Waals surface area contributed by atoms with E-state index in [4.69, 9.17) is 14.8 Å². The molecular weight excluding hydrogens is 446 g/mol. The maximum atomic E-state index is 12.8. The van der Waals surface area contributed by atoms with Gasteiger partial charge in [-0.25, -0.2) is 4.68 Å². The minimum Gasteiger partial charge on any atom is -0.493 e. The molecule has 3 heterocycles. The normalized spacial score (nSPS) is 14.5. The minimum atomic E-state index is -0.0729. The van der Waals surface area contributed by atoms with Gasteiger partial charge in [-0.2, -0.15) is 10.1 Å². The number of nitrogens with zero attached hydrogens (tertiary/aromatic N) is 4. The Bertz CT molecular complexity index is 1300. The van der Waals surface area contributed by atoms with Crippen LogP contribution in [0.25, 0.3) is 16.0 Å². The number of carbonyl (C=O) groups is 1. The smallest absolute Gasteiger partial charge is 0.255 e. The summed E-state index contributed by atoms with van der Waals surface area (Å²) in [6.45, 7) is 8.28. The number of aryl methyl sites for hydroxylation is 2. The second kappa shape index (κ2) is 9.46. The van der Waals surface area contributed by atoms with E-state index in [0.717, 1.165) is 52.8 Å². The number of thiazole rings is 1. The number of benzene rings is 2. The summed E-state index contributed by atoms with van der Waals surface area (Å²) in [6.07, 6.45) is 1.75. The van der Waals surface area contributed by atoms with Crippen LogP contribution in [0.1, 0.15) is 41.4 Å². The van der Waals surface area contributed by atoms with Gasteiger partial charge in [0.15, 0.2) is 10.8 Å². The van der Waals surface area contributed by atoms with Crippen molar-refractivity contribution in [3.63, 3.8) is 0 Å². The highest BCUT2D eigenvalue weighted by Gasteiger charge is 2.25. The van der Waals surface area contributed by atoms with Crippen molar-refractivity contribution in [2.24, 2.45) is 0 Å². The molecule has 5 rings (SSSR count). The van der Waals surface area contributed by atoms with E-state index in [2.05, 4.69) is 41.4 Å². The number of carbonyl (C=O) groups excluding carboxylic acids is 1. The highest BCUT2D eigenvalue weighted by atomic mass is 32.1. The number of amides is 1. The molecule has 1 aliphatic rings. The molecule has 7 nitrogen and oxygen atoms in total. The van der Waals surface area contributed by atoms with Crippen LogP contribution in [0.3, 0.4) is 0 Å². The van der Waals surface area contributed by atoms with E-state index in [9.17, 15) is 4.79 Å². The number of rotatable bonds is 6. The van der Waals surface area contributed by atoms with Crippen LogP contribution in [-0.2, 0) is 0 Å². The number of hydrogen-bond donors (Lipinski definition) is 1. The third kappa shape index (κ3) is 4.37.